The zero-order valence-electron chi connectivity index (χ0n) is 17.9. The van der Waals surface area contributed by atoms with Crippen LogP contribution in [-0.4, -0.2) is 20.4 Å². The van der Waals surface area contributed by atoms with Gasteiger partial charge in [0, 0.05) is 16.9 Å². The van der Waals surface area contributed by atoms with Crippen LogP contribution in [-0.2, 0) is 22.3 Å². The number of alkyl halides is 3. The lowest BCUT2D eigenvalue weighted by Crippen LogP contribution is -2.42. The molecule has 170 valence electrons. The smallest absolute Gasteiger partial charge is 0.419 e. The minimum atomic E-state index is -5.00. The number of hydrogen-bond donors (Lipinski definition) is 2. The first-order valence-electron chi connectivity index (χ1n) is 9.50. The third-order valence-electron chi connectivity index (χ3n) is 4.74. The molecule has 9 heteroatoms. The fourth-order valence-corrected chi connectivity index (χ4v) is 4.04. The van der Waals surface area contributed by atoms with Crippen molar-refractivity contribution in [2.45, 2.75) is 58.0 Å². The van der Waals surface area contributed by atoms with Gasteiger partial charge < -0.3 is 9.66 Å². The lowest BCUT2D eigenvalue weighted by molar-refractivity contribution is -0.140. The van der Waals surface area contributed by atoms with Crippen molar-refractivity contribution in [1.82, 2.24) is 4.72 Å². The molecule has 0 fully saturated rings. The summed E-state index contributed by atoms with van der Waals surface area (Å²) in [7, 11) is 0. The molecule has 0 heterocycles. The molecule has 2 atom stereocenters. The summed E-state index contributed by atoms with van der Waals surface area (Å²) in [6, 6.07) is 5.71. The molecule has 0 amide bonds. The molecule has 1 unspecified atom stereocenters. The van der Waals surface area contributed by atoms with E-state index in [4.69, 9.17) is 0 Å². The standard InChI is InChI=1S/C22H25F4NO3S/c1-12-7-6-8-13(2)19(12)14-9-15(20(23)16(10-14)22(24,25)26)17(11-18(28)29)27-31(30)21(3,4)5/h6-10,17,27H,11H2,1-5H3,(H,28,29)/t17-,31?/m0/s1. The predicted octanol–water partition coefficient (Wildman–Crippen LogP) is 5.70. The molecule has 2 rings (SSSR count). The van der Waals surface area contributed by atoms with Crippen LogP contribution in [0.2, 0.25) is 0 Å². The summed E-state index contributed by atoms with van der Waals surface area (Å²) in [6.07, 6.45) is -5.74. The van der Waals surface area contributed by atoms with Gasteiger partial charge in [-0.15, -0.1) is 4.72 Å². The number of hydrogen-bond acceptors (Lipinski definition) is 3. The molecule has 2 N–H and O–H groups in total. The minimum Gasteiger partial charge on any atom is -0.598 e. The van der Waals surface area contributed by atoms with Crippen LogP contribution in [0, 0.1) is 19.7 Å². The van der Waals surface area contributed by atoms with E-state index in [1.165, 1.54) is 6.07 Å². The summed E-state index contributed by atoms with van der Waals surface area (Å²) in [5.41, 5.74) is -0.00873. The number of halogens is 4. The zero-order valence-corrected chi connectivity index (χ0v) is 18.7. The number of aryl methyl sites for hydroxylation is 2. The number of carboxylic acid groups (broad SMARTS) is 1. The van der Waals surface area contributed by atoms with E-state index in [-0.39, 0.29) is 5.56 Å². The molecule has 0 radical (unpaired) electrons. The molecule has 0 saturated carbocycles. The Balaban J connectivity index is 2.77. The van der Waals surface area contributed by atoms with Crippen LogP contribution in [0.1, 0.15) is 55.5 Å². The third kappa shape index (κ3) is 5.99. The SMILES string of the molecule is Cc1cccc(C)c1-c1cc([C@H](CC(=O)O)N[S+]([O-])C(C)(C)C)c(F)c(C(F)(F)F)c1. The summed E-state index contributed by atoms with van der Waals surface area (Å²) in [5.74, 6) is -2.94. The van der Waals surface area contributed by atoms with Crippen molar-refractivity contribution >= 4 is 17.3 Å². The van der Waals surface area contributed by atoms with Crippen LogP contribution >= 0.6 is 0 Å². The molecule has 0 aromatic heterocycles. The first-order valence-corrected chi connectivity index (χ1v) is 10.6. The largest absolute Gasteiger partial charge is 0.598 e. The summed E-state index contributed by atoms with van der Waals surface area (Å²) in [5, 5.41) is 9.27. The fraction of sp³-hybridized carbons (Fsp3) is 0.409. The van der Waals surface area contributed by atoms with Gasteiger partial charge in [0.15, 0.2) is 0 Å². The number of rotatable bonds is 6. The van der Waals surface area contributed by atoms with Crippen molar-refractivity contribution in [2.75, 3.05) is 0 Å². The van der Waals surface area contributed by atoms with Crippen LogP contribution in [0.4, 0.5) is 17.6 Å². The Morgan fingerprint density at radius 2 is 1.71 bits per heavy atom. The van der Waals surface area contributed by atoms with E-state index >= 15 is 4.39 Å². The Kier molecular flexibility index (Phi) is 7.45. The Morgan fingerprint density at radius 1 is 1.16 bits per heavy atom. The quantitative estimate of drug-likeness (QED) is 0.430. The van der Waals surface area contributed by atoms with Gasteiger partial charge in [-0.1, -0.05) is 18.2 Å². The van der Waals surface area contributed by atoms with Gasteiger partial charge in [-0.05, 0) is 69.0 Å². The molecule has 0 aliphatic rings. The van der Waals surface area contributed by atoms with Crippen LogP contribution in [0.25, 0.3) is 11.1 Å². The van der Waals surface area contributed by atoms with Gasteiger partial charge in [-0.25, -0.2) is 4.39 Å². The van der Waals surface area contributed by atoms with Crippen LogP contribution in [0.5, 0.6) is 0 Å². The number of aliphatic carboxylic acids is 1. The lowest BCUT2D eigenvalue weighted by atomic mass is 9.90. The van der Waals surface area contributed by atoms with Crippen molar-refractivity contribution in [3.63, 3.8) is 0 Å². The summed E-state index contributed by atoms with van der Waals surface area (Å²) < 4.78 is 70.3. The monoisotopic (exact) mass is 459 g/mol. The highest BCUT2D eigenvalue weighted by atomic mass is 32.2. The Morgan fingerprint density at radius 3 is 2.16 bits per heavy atom. The minimum absolute atomic E-state index is 0.109. The van der Waals surface area contributed by atoms with E-state index in [2.05, 4.69) is 4.72 Å². The zero-order chi connectivity index (χ0) is 23.7. The lowest BCUT2D eigenvalue weighted by Gasteiger charge is -2.28. The summed E-state index contributed by atoms with van der Waals surface area (Å²) >= 11 is -1.84. The fourth-order valence-electron chi connectivity index (χ4n) is 3.22. The predicted molar refractivity (Wildman–Crippen MR) is 112 cm³/mol. The normalized spacial score (nSPS) is 14.4. The van der Waals surface area contributed by atoms with E-state index in [1.54, 1.807) is 52.8 Å². The molecule has 2 aromatic carbocycles. The maximum Gasteiger partial charge on any atom is 0.419 e. The molecule has 0 bridgehead atoms. The second-order valence-corrected chi connectivity index (χ2v) is 10.3. The van der Waals surface area contributed by atoms with Crippen molar-refractivity contribution in [3.05, 3.63) is 58.4 Å². The van der Waals surface area contributed by atoms with Gasteiger partial charge in [0.25, 0.3) is 0 Å². The number of nitrogens with one attached hydrogen (secondary N) is 1. The maximum atomic E-state index is 15.1. The second-order valence-electron chi connectivity index (χ2n) is 8.34. The number of carboxylic acids is 1. The first-order chi connectivity index (χ1) is 14.1. The second kappa shape index (κ2) is 9.18. The summed E-state index contributed by atoms with van der Waals surface area (Å²) in [4.78, 5) is 11.4. The molecule has 31 heavy (non-hydrogen) atoms. The molecule has 0 aliphatic carbocycles. The number of carbonyl (C=O) groups is 1. The van der Waals surface area contributed by atoms with Crippen LogP contribution in [0.15, 0.2) is 30.3 Å². The Labute approximate surface area is 182 Å². The molecule has 4 nitrogen and oxygen atoms in total. The van der Waals surface area contributed by atoms with E-state index < -0.39 is 57.7 Å². The maximum absolute atomic E-state index is 15.1. The van der Waals surface area contributed by atoms with Gasteiger partial charge in [-0.3, -0.25) is 4.79 Å². The molecule has 0 aliphatic heterocycles. The number of benzene rings is 2. The van der Waals surface area contributed by atoms with Crippen LogP contribution in [0.3, 0.4) is 0 Å². The first kappa shape index (κ1) is 25.2. The average Bonchev–Trinajstić information content (AvgIpc) is 2.59. The molecule has 0 spiro atoms. The summed E-state index contributed by atoms with van der Waals surface area (Å²) in [6.45, 7) is 8.27. The Bertz CT molecular complexity index is 950. The van der Waals surface area contributed by atoms with E-state index in [1.807, 2.05) is 0 Å². The topological polar surface area (TPSA) is 72.4 Å². The highest BCUT2D eigenvalue weighted by Crippen LogP contribution is 2.40. The van der Waals surface area contributed by atoms with Crippen LogP contribution < -0.4 is 4.72 Å². The van der Waals surface area contributed by atoms with Crippen molar-refractivity contribution in [1.29, 1.82) is 0 Å². The highest BCUT2D eigenvalue weighted by molar-refractivity contribution is 7.90. The van der Waals surface area contributed by atoms with Crippen molar-refractivity contribution < 1.29 is 32.0 Å². The van der Waals surface area contributed by atoms with Gasteiger partial charge in [0.05, 0.1) is 18.0 Å². The van der Waals surface area contributed by atoms with E-state index in [9.17, 15) is 27.6 Å². The van der Waals surface area contributed by atoms with E-state index in [0.717, 1.165) is 6.07 Å². The molecular weight excluding hydrogens is 434 g/mol. The van der Waals surface area contributed by atoms with Gasteiger partial charge >= 0.3 is 12.1 Å². The van der Waals surface area contributed by atoms with E-state index in [0.29, 0.717) is 16.7 Å². The van der Waals surface area contributed by atoms with Crippen molar-refractivity contribution in [2.24, 2.45) is 0 Å². The Hall–Kier alpha value is -2.10. The average molecular weight is 460 g/mol. The highest BCUT2D eigenvalue weighted by Gasteiger charge is 2.39. The van der Waals surface area contributed by atoms with Gasteiger partial charge in [0.1, 0.15) is 10.6 Å². The molecule has 2 aromatic rings. The molecular formula is C22H25F4NO3S. The van der Waals surface area contributed by atoms with Gasteiger partial charge in [-0.2, -0.15) is 13.2 Å². The van der Waals surface area contributed by atoms with Gasteiger partial charge in [0.2, 0.25) is 0 Å². The van der Waals surface area contributed by atoms with Crippen molar-refractivity contribution in [3.8, 4) is 11.1 Å². The third-order valence-corrected chi connectivity index (χ3v) is 6.35. The molecule has 0 saturated heterocycles.